The number of aromatic nitrogens is 3. The molecule has 0 amide bonds. The maximum atomic E-state index is 5.21. The van der Waals surface area contributed by atoms with Crippen molar-refractivity contribution in [2.75, 3.05) is 21.2 Å². The lowest BCUT2D eigenvalue weighted by Crippen LogP contribution is -2.38. The summed E-state index contributed by atoms with van der Waals surface area (Å²) in [5.74, 6) is 2.45. The number of ether oxygens (including phenoxy) is 1. The van der Waals surface area contributed by atoms with Gasteiger partial charge in [-0.15, -0.1) is 0 Å². The van der Waals surface area contributed by atoms with Crippen LogP contribution in [-0.2, 0) is 13.1 Å². The van der Waals surface area contributed by atoms with E-state index in [1.165, 1.54) is 11.9 Å². The lowest BCUT2D eigenvalue weighted by molar-refractivity contribution is 0.414. The largest absolute Gasteiger partial charge is 0.497 e. The van der Waals surface area contributed by atoms with Gasteiger partial charge in [0.1, 0.15) is 12.1 Å². The van der Waals surface area contributed by atoms with Gasteiger partial charge in [-0.3, -0.25) is 10.1 Å². The molecular weight excluding hydrogens is 340 g/mol. The van der Waals surface area contributed by atoms with E-state index in [0.29, 0.717) is 6.54 Å². The Bertz CT molecular complexity index is 874. The molecule has 0 aliphatic heterocycles. The fourth-order valence-corrected chi connectivity index (χ4v) is 2.82. The van der Waals surface area contributed by atoms with E-state index in [9.17, 15) is 0 Å². The Morgan fingerprint density at radius 2 is 2.00 bits per heavy atom. The van der Waals surface area contributed by atoms with Crippen molar-refractivity contribution in [3.8, 4) is 17.1 Å². The molecule has 1 heterocycles. The van der Waals surface area contributed by atoms with E-state index >= 15 is 0 Å². The molecule has 2 aromatic carbocycles. The zero-order chi connectivity index (χ0) is 19.1. The minimum Gasteiger partial charge on any atom is -0.497 e. The lowest BCUT2D eigenvalue weighted by Gasteiger charge is -2.22. The summed E-state index contributed by atoms with van der Waals surface area (Å²) in [6.45, 7) is 1.42. The highest BCUT2D eigenvalue weighted by atomic mass is 16.5. The minimum atomic E-state index is 0.668. The standard InChI is InChI=1S/C20H24N6O/c1-21-20(26(2)13-15-7-9-18(27-3)10-8-15)22-12-16-5-4-6-17(11-16)19-23-14-24-25-19/h4-11,14H,12-13H2,1-3H3,(H,21,22)(H,23,24,25). The molecule has 0 bridgehead atoms. The van der Waals surface area contributed by atoms with Crippen LogP contribution >= 0.6 is 0 Å². The van der Waals surface area contributed by atoms with Crippen molar-refractivity contribution in [2.24, 2.45) is 4.99 Å². The Kier molecular flexibility index (Phi) is 6.04. The Labute approximate surface area is 159 Å². The van der Waals surface area contributed by atoms with Crippen LogP contribution in [0.1, 0.15) is 11.1 Å². The maximum Gasteiger partial charge on any atom is 0.193 e. The van der Waals surface area contributed by atoms with Crippen molar-refractivity contribution in [1.82, 2.24) is 25.4 Å². The van der Waals surface area contributed by atoms with Gasteiger partial charge < -0.3 is 15.0 Å². The second-order valence-electron chi connectivity index (χ2n) is 6.14. The van der Waals surface area contributed by atoms with E-state index in [2.05, 4.69) is 54.7 Å². The average Bonchev–Trinajstić information content (AvgIpc) is 3.24. The predicted octanol–water partition coefficient (Wildman–Crippen LogP) is 2.69. The number of nitrogens with zero attached hydrogens (tertiary/aromatic N) is 4. The molecule has 0 aliphatic carbocycles. The molecule has 0 unspecified atom stereocenters. The summed E-state index contributed by atoms with van der Waals surface area (Å²) in [4.78, 5) is 10.7. The molecule has 0 aliphatic rings. The maximum absolute atomic E-state index is 5.21. The number of H-pyrrole nitrogens is 1. The second kappa shape index (κ2) is 8.84. The summed E-state index contributed by atoms with van der Waals surface area (Å²) in [5, 5.41) is 10.2. The van der Waals surface area contributed by atoms with Crippen LogP contribution in [0.3, 0.4) is 0 Å². The van der Waals surface area contributed by atoms with E-state index in [0.717, 1.165) is 35.2 Å². The monoisotopic (exact) mass is 364 g/mol. The zero-order valence-corrected chi connectivity index (χ0v) is 15.8. The third kappa shape index (κ3) is 4.84. The number of rotatable bonds is 6. The van der Waals surface area contributed by atoms with Crippen LogP contribution in [0.5, 0.6) is 5.75 Å². The Balaban J connectivity index is 1.60. The molecule has 3 aromatic rings. The Morgan fingerprint density at radius 1 is 1.19 bits per heavy atom. The number of benzene rings is 2. The average molecular weight is 364 g/mol. The van der Waals surface area contributed by atoms with Gasteiger partial charge in [-0.1, -0.05) is 30.3 Å². The third-order valence-corrected chi connectivity index (χ3v) is 4.22. The van der Waals surface area contributed by atoms with E-state index in [4.69, 9.17) is 4.74 Å². The van der Waals surface area contributed by atoms with Gasteiger partial charge in [0.15, 0.2) is 11.8 Å². The lowest BCUT2D eigenvalue weighted by atomic mass is 10.1. The molecule has 1 aromatic heterocycles. The summed E-state index contributed by atoms with van der Waals surface area (Å²) in [6.07, 6.45) is 1.51. The highest BCUT2D eigenvalue weighted by Gasteiger charge is 2.08. The number of hydrogen-bond acceptors (Lipinski definition) is 4. The molecular formula is C20H24N6O. The van der Waals surface area contributed by atoms with Crippen LogP contribution in [-0.4, -0.2) is 47.2 Å². The summed E-state index contributed by atoms with van der Waals surface area (Å²) < 4.78 is 5.21. The predicted molar refractivity (Wildman–Crippen MR) is 106 cm³/mol. The van der Waals surface area contributed by atoms with Gasteiger partial charge in [-0.05, 0) is 29.3 Å². The van der Waals surface area contributed by atoms with E-state index in [1.54, 1.807) is 14.2 Å². The van der Waals surface area contributed by atoms with Crippen LogP contribution in [0.4, 0.5) is 0 Å². The van der Waals surface area contributed by atoms with E-state index in [-0.39, 0.29) is 0 Å². The first-order valence-electron chi connectivity index (χ1n) is 8.69. The minimum absolute atomic E-state index is 0.668. The quantitative estimate of drug-likeness (QED) is 0.519. The highest BCUT2D eigenvalue weighted by molar-refractivity contribution is 5.79. The summed E-state index contributed by atoms with van der Waals surface area (Å²) >= 11 is 0. The summed E-state index contributed by atoms with van der Waals surface area (Å²) in [7, 11) is 5.48. The van der Waals surface area contributed by atoms with Crippen LogP contribution < -0.4 is 10.1 Å². The molecule has 0 radical (unpaired) electrons. The van der Waals surface area contributed by atoms with Crippen molar-refractivity contribution >= 4 is 5.96 Å². The fraction of sp³-hybridized carbons (Fsp3) is 0.250. The molecule has 0 saturated heterocycles. The molecule has 140 valence electrons. The van der Waals surface area contributed by atoms with E-state index < -0.39 is 0 Å². The highest BCUT2D eigenvalue weighted by Crippen LogP contribution is 2.16. The molecule has 0 atom stereocenters. The molecule has 0 fully saturated rings. The number of guanidine groups is 1. The summed E-state index contributed by atoms with van der Waals surface area (Å²) in [5.41, 5.74) is 3.34. The van der Waals surface area contributed by atoms with Crippen molar-refractivity contribution in [3.63, 3.8) is 0 Å². The van der Waals surface area contributed by atoms with Gasteiger partial charge in [0.2, 0.25) is 0 Å². The molecule has 27 heavy (non-hydrogen) atoms. The smallest absolute Gasteiger partial charge is 0.193 e. The van der Waals surface area contributed by atoms with Crippen LogP contribution in [0.2, 0.25) is 0 Å². The van der Waals surface area contributed by atoms with Gasteiger partial charge in [0, 0.05) is 32.7 Å². The Morgan fingerprint density at radius 3 is 2.67 bits per heavy atom. The number of hydrogen-bond donors (Lipinski definition) is 2. The molecule has 2 N–H and O–H groups in total. The zero-order valence-electron chi connectivity index (χ0n) is 15.8. The van der Waals surface area contributed by atoms with Gasteiger partial charge >= 0.3 is 0 Å². The number of nitrogens with one attached hydrogen (secondary N) is 2. The SMILES string of the molecule is CN=C(NCc1cccc(-c2ncn[nH]2)c1)N(C)Cc1ccc(OC)cc1. The fourth-order valence-electron chi connectivity index (χ4n) is 2.82. The van der Waals surface area contributed by atoms with Crippen molar-refractivity contribution in [2.45, 2.75) is 13.1 Å². The molecule has 7 nitrogen and oxygen atoms in total. The number of methoxy groups -OCH3 is 1. The molecule has 0 saturated carbocycles. The Hall–Kier alpha value is -3.35. The van der Waals surface area contributed by atoms with Crippen LogP contribution in [0.15, 0.2) is 59.9 Å². The van der Waals surface area contributed by atoms with Gasteiger partial charge in [0.05, 0.1) is 7.11 Å². The number of aliphatic imine (C=N–C) groups is 1. The number of aromatic amines is 1. The summed E-state index contributed by atoms with van der Waals surface area (Å²) in [6, 6.07) is 16.2. The van der Waals surface area contributed by atoms with Crippen molar-refractivity contribution in [3.05, 3.63) is 66.0 Å². The third-order valence-electron chi connectivity index (χ3n) is 4.22. The first-order chi connectivity index (χ1) is 13.2. The molecule has 7 heteroatoms. The first-order valence-corrected chi connectivity index (χ1v) is 8.69. The van der Waals surface area contributed by atoms with E-state index in [1.807, 2.05) is 31.3 Å². The molecule has 0 spiro atoms. The normalized spacial score (nSPS) is 11.3. The van der Waals surface area contributed by atoms with Gasteiger partial charge in [-0.2, -0.15) is 5.10 Å². The van der Waals surface area contributed by atoms with Crippen LogP contribution in [0, 0.1) is 0 Å². The van der Waals surface area contributed by atoms with Gasteiger partial charge in [-0.25, -0.2) is 4.98 Å². The van der Waals surface area contributed by atoms with Crippen LogP contribution in [0.25, 0.3) is 11.4 Å². The first kappa shape index (κ1) is 18.4. The second-order valence-corrected chi connectivity index (χ2v) is 6.14. The van der Waals surface area contributed by atoms with Crippen molar-refractivity contribution < 1.29 is 4.74 Å². The topological polar surface area (TPSA) is 78.4 Å². The van der Waals surface area contributed by atoms with Crippen molar-refractivity contribution in [1.29, 1.82) is 0 Å². The van der Waals surface area contributed by atoms with Gasteiger partial charge in [0.25, 0.3) is 0 Å². The molecule has 3 rings (SSSR count).